The van der Waals surface area contributed by atoms with Crippen molar-refractivity contribution in [2.24, 2.45) is 0 Å². The highest BCUT2D eigenvalue weighted by molar-refractivity contribution is 9.10. The Bertz CT molecular complexity index is 361. The summed E-state index contributed by atoms with van der Waals surface area (Å²) in [4.78, 5) is 0. The SMILES string of the molecule is CCn1ncc(Br)c1C(NC)C1CCCCS1. The van der Waals surface area contributed by atoms with Crippen molar-refractivity contribution in [1.82, 2.24) is 15.1 Å². The van der Waals surface area contributed by atoms with Crippen LogP contribution in [0.3, 0.4) is 0 Å². The number of aromatic nitrogens is 2. The summed E-state index contributed by atoms with van der Waals surface area (Å²) in [5, 5.41) is 8.57. The molecule has 1 fully saturated rings. The van der Waals surface area contributed by atoms with Crippen LogP contribution >= 0.6 is 27.7 Å². The minimum absolute atomic E-state index is 0.400. The molecule has 2 atom stereocenters. The summed E-state index contributed by atoms with van der Waals surface area (Å²) in [6.45, 7) is 3.07. The molecule has 0 amide bonds. The Morgan fingerprint density at radius 2 is 2.47 bits per heavy atom. The van der Waals surface area contributed by atoms with Crippen LogP contribution in [0.15, 0.2) is 10.7 Å². The molecule has 1 N–H and O–H groups in total. The van der Waals surface area contributed by atoms with Crippen molar-refractivity contribution in [3.8, 4) is 0 Å². The monoisotopic (exact) mass is 317 g/mol. The van der Waals surface area contributed by atoms with Gasteiger partial charge in [-0.2, -0.15) is 16.9 Å². The average Bonchev–Trinajstić information content (AvgIpc) is 2.74. The molecule has 2 unspecified atom stereocenters. The van der Waals surface area contributed by atoms with Gasteiger partial charge in [0.1, 0.15) is 0 Å². The minimum Gasteiger partial charge on any atom is -0.311 e. The molecule has 0 aliphatic carbocycles. The molecule has 5 heteroatoms. The molecule has 1 aromatic heterocycles. The van der Waals surface area contributed by atoms with Crippen LogP contribution in [0.5, 0.6) is 0 Å². The summed E-state index contributed by atoms with van der Waals surface area (Å²) >= 11 is 5.73. The van der Waals surface area contributed by atoms with Gasteiger partial charge < -0.3 is 5.32 Å². The Hall–Kier alpha value is -0.0000000000000000555. The van der Waals surface area contributed by atoms with Gasteiger partial charge in [0.25, 0.3) is 0 Å². The third-order valence-electron chi connectivity index (χ3n) is 3.33. The van der Waals surface area contributed by atoms with Crippen LogP contribution in [-0.2, 0) is 6.54 Å². The molecule has 1 aromatic rings. The van der Waals surface area contributed by atoms with Crippen LogP contribution in [0.1, 0.15) is 37.9 Å². The third-order valence-corrected chi connectivity index (χ3v) is 5.40. The zero-order valence-corrected chi connectivity index (χ0v) is 12.9. The van der Waals surface area contributed by atoms with E-state index in [2.05, 4.69) is 56.8 Å². The van der Waals surface area contributed by atoms with Crippen LogP contribution in [0, 0.1) is 0 Å². The summed E-state index contributed by atoms with van der Waals surface area (Å²) in [5.41, 5.74) is 1.30. The summed E-state index contributed by atoms with van der Waals surface area (Å²) in [6.07, 6.45) is 5.94. The maximum Gasteiger partial charge on any atom is 0.0706 e. The lowest BCUT2D eigenvalue weighted by Gasteiger charge is -2.30. The van der Waals surface area contributed by atoms with E-state index in [1.54, 1.807) is 0 Å². The number of nitrogens with zero attached hydrogens (tertiary/aromatic N) is 2. The van der Waals surface area contributed by atoms with E-state index in [1.165, 1.54) is 30.7 Å². The first-order valence-electron chi connectivity index (χ1n) is 6.28. The van der Waals surface area contributed by atoms with Crippen LogP contribution < -0.4 is 5.32 Å². The minimum atomic E-state index is 0.400. The lowest BCUT2D eigenvalue weighted by Crippen LogP contribution is -2.31. The van der Waals surface area contributed by atoms with Crippen LogP contribution in [0.2, 0.25) is 0 Å². The van der Waals surface area contributed by atoms with Crippen molar-refractivity contribution in [3.05, 3.63) is 16.4 Å². The number of halogens is 1. The molecule has 1 saturated heterocycles. The van der Waals surface area contributed by atoms with E-state index in [-0.39, 0.29) is 0 Å². The van der Waals surface area contributed by atoms with E-state index in [0.29, 0.717) is 11.3 Å². The van der Waals surface area contributed by atoms with E-state index in [0.717, 1.165) is 11.0 Å². The molecule has 0 spiro atoms. The molecule has 96 valence electrons. The molecule has 17 heavy (non-hydrogen) atoms. The van der Waals surface area contributed by atoms with Gasteiger partial charge >= 0.3 is 0 Å². The smallest absolute Gasteiger partial charge is 0.0706 e. The van der Waals surface area contributed by atoms with Gasteiger partial charge in [0, 0.05) is 11.8 Å². The predicted octanol–water partition coefficient (Wildman–Crippen LogP) is 3.21. The van der Waals surface area contributed by atoms with Crippen LogP contribution in [0.4, 0.5) is 0 Å². The first kappa shape index (κ1) is 13.4. The highest BCUT2D eigenvalue weighted by Crippen LogP contribution is 2.36. The van der Waals surface area contributed by atoms with Crippen molar-refractivity contribution >= 4 is 27.7 Å². The summed E-state index contributed by atoms with van der Waals surface area (Å²) in [5.74, 6) is 1.29. The lowest BCUT2D eigenvalue weighted by molar-refractivity contribution is 0.470. The molecule has 1 aliphatic rings. The van der Waals surface area contributed by atoms with Gasteiger partial charge in [-0.3, -0.25) is 4.68 Å². The summed E-state index contributed by atoms with van der Waals surface area (Å²) in [6, 6.07) is 0.400. The number of nitrogens with one attached hydrogen (secondary N) is 1. The largest absolute Gasteiger partial charge is 0.311 e. The van der Waals surface area contributed by atoms with E-state index in [1.807, 2.05) is 6.20 Å². The Balaban J connectivity index is 2.23. The van der Waals surface area contributed by atoms with Crippen molar-refractivity contribution in [2.75, 3.05) is 12.8 Å². The molecule has 1 aliphatic heterocycles. The Morgan fingerprint density at radius 3 is 3.06 bits per heavy atom. The molecule has 0 bridgehead atoms. The highest BCUT2D eigenvalue weighted by atomic mass is 79.9. The van der Waals surface area contributed by atoms with E-state index in [4.69, 9.17) is 0 Å². The number of hydrogen-bond acceptors (Lipinski definition) is 3. The Kier molecular flexibility index (Phi) is 4.94. The molecule has 0 saturated carbocycles. The molecule has 0 aromatic carbocycles. The van der Waals surface area contributed by atoms with Gasteiger partial charge in [-0.05, 0) is 48.5 Å². The Morgan fingerprint density at radius 1 is 1.65 bits per heavy atom. The second-order valence-electron chi connectivity index (χ2n) is 4.36. The summed E-state index contributed by atoms with van der Waals surface area (Å²) < 4.78 is 3.23. The van der Waals surface area contributed by atoms with Crippen molar-refractivity contribution in [3.63, 3.8) is 0 Å². The molecule has 2 heterocycles. The predicted molar refractivity (Wildman–Crippen MR) is 77.5 cm³/mol. The van der Waals surface area contributed by atoms with E-state index in [9.17, 15) is 0 Å². The molecular weight excluding hydrogens is 298 g/mol. The van der Waals surface area contributed by atoms with Gasteiger partial charge in [-0.15, -0.1) is 0 Å². The topological polar surface area (TPSA) is 29.9 Å². The zero-order valence-electron chi connectivity index (χ0n) is 10.4. The quantitative estimate of drug-likeness (QED) is 0.924. The molecule has 0 radical (unpaired) electrons. The summed E-state index contributed by atoms with van der Waals surface area (Å²) in [7, 11) is 2.05. The van der Waals surface area contributed by atoms with E-state index < -0.39 is 0 Å². The first-order chi connectivity index (χ1) is 8.27. The lowest BCUT2D eigenvalue weighted by atomic mass is 10.0. The van der Waals surface area contributed by atoms with Crippen molar-refractivity contribution in [1.29, 1.82) is 0 Å². The second-order valence-corrected chi connectivity index (χ2v) is 6.57. The van der Waals surface area contributed by atoms with Gasteiger partial charge in [0.2, 0.25) is 0 Å². The number of hydrogen-bond donors (Lipinski definition) is 1. The van der Waals surface area contributed by atoms with Crippen LogP contribution in [-0.4, -0.2) is 27.8 Å². The fraction of sp³-hybridized carbons (Fsp3) is 0.750. The fourth-order valence-electron chi connectivity index (χ4n) is 2.46. The highest BCUT2D eigenvalue weighted by Gasteiger charge is 2.28. The first-order valence-corrected chi connectivity index (χ1v) is 8.12. The van der Waals surface area contributed by atoms with Gasteiger partial charge in [-0.25, -0.2) is 0 Å². The normalized spacial score (nSPS) is 22.6. The van der Waals surface area contributed by atoms with Gasteiger partial charge in [0.15, 0.2) is 0 Å². The van der Waals surface area contributed by atoms with Crippen LogP contribution in [0.25, 0.3) is 0 Å². The number of thioether (sulfide) groups is 1. The zero-order chi connectivity index (χ0) is 12.3. The third kappa shape index (κ3) is 2.88. The van der Waals surface area contributed by atoms with Crippen molar-refractivity contribution < 1.29 is 0 Å². The van der Waals surface area contributed by atoms with Crippen molar-refractivity contribution in [2.45, 2.75) is 44.0 Å². The van der Waals surface area contributed by atoms with Gasteiger partial charge in [-0.1, -0.05) is 6.42 Å². The average molecular weight is 318 g/mol. The maximum absolute atomic E-state index is 4.42. The van der Waals surface area contributed by atoms with E-state index >= 15 is 0 Å². The maximum atomic E-state index is 4.42. The molecule has 2 rings (SSSR count). The number of aryl methyl sites for hydroxylation is 1. The van der Waals surface area contributed by atoms with Gasteiger partial charge in [0.05, 0.1) is 22.4 Å². The Labute approximate surface area is 116 Å². The molecular formula is C12H20BrN3S. The molecule has 3 nitrogen and oxygen atoms in total. The fourth-order valence-corrected chi connectivity index (χ4v) is 4.47. The standard InChI is InChI=1S/C12H20BrN3S/c1-3-16-12(9(13)8-15-16)11(14-2)10-6-4-5-7-17-10/h8,10-11,14H,3-7H2,1-2H3. The number of rotatable bonds is 4. The second kappa shape index (κ2) is 6.25.